The van der Waals surface area contributed by atoms with Crippen molar-refractivity contribution in [1.82, 2.24) is 24.7 Å². The molecule has 0 radical (unpaired) electrons. The Morgan fingerprint density at radius 3 is 2.87 bits per heavy atom. The van der Waals surface area contributed by atoms with Crippen LogP contribution in [0, 0.1) is 6.92 Å². The van der Waals surface area contributed by atoms with E-state index in [4.69, 9.17) is 4.98 Å². The number of nitrogens with one attached hydrogen (secondary N) is 1. The summed E-state index contributed by atoms with van der Waals surface area (Å²) in [6.07, 6.45) is 6.70. The van der Waals surface area contributed by atoms with Gasteiger partial charge in [-0.3, -0.25) is 14.5 Å². The Balaban J connectivity index is 1.43. The van der Waals surface area contributed by atoms with Gasteiger partial charge >= 0.3 is 0 Å². The first-order valence-corrected chi connectivity index (χ1v) is 9.88. The van der Waals surface area contributed by atoms with Gasteiger partial charge in [0.05, 0.1) is 23.8 Å². The molecule has 4 heterocycles. The monoisotopic (exact) mass is 399 g/mol. The summed E-state index contributed by atoms with van der Waals surface area (Å²) >= 11 is 0. The van der Waals surface area contributed by atoms with Crippen LogP contribution in [-0.2, 0) is 11.8 Å². The lowest BCUT2D eigenvalue weighted by Gasteiger charge is -2.17. The molecule has 1 aliphatic heterocycles. The maximum absolute atomic E-state index is 12.0. The lowest BCUT2D eigenvalue weighted by molar-refractivity contribution is -0.117. The summed E-state index contributed by atoms with van der Waals surface area (Å²) in [6.45, 7) is 2.73. The van der Waals surface area contributed by atoms with Gasteiger partial charge < -0.3 is 10.2 Å². The highest BCUT2D eigenvalue weighted by molar-refractivity contribution is 5.95. The van der Waals surface area contributed by atoms with Gasteiger partial charge in [0, 0.05) is 48.5 Å². The Morgan fingerprint density at radius 2 is 2.03 bits per heavy atom. The van der Waals surface area contributed by atoms with Crippen molar-refractivity contribution in [2.24, 2.45) is 7.05 Å². The Hall–Kier alpha value is -3.81. The summed E-state index contributed by atoms with van der Waals surface area (Å²) in [6, 6.07) is 9.84. The van der Waals surface area contributed by atoms with E-state index in [1.165, 1.54) is 0 Å². The minimum Gasteiger partial charge on any atom is -0.339 e. The number of carbonyl (C=O) groups excluding carboxylic acids is 1. The van der Waals surface area contributed by atoms with Gasteiger partial charge in [-0.25, -0.2) is 9.97 Å². The van der Waals surface area contributed by atoms with Crippen LogP contribution in [-0.4, -0.2) is 37.2 Å². The number of pyridine rings is 1. The van der Waals surface area contributed by atoms with E-state index in [9.17, 15) is 4.79 Å². The molecule has 1 aromatic carbocycles. The highest BCUT2D eigenvalue weighted by Crippen LogP contribution is 2.27. The van der Waals surface area contributed by atoms with Crippen LogP contribution in [0.15, 0.2) is 48.9 Å². The van der Waals surface area contributed by atoms with Crippen LogP contribution in [0.25, 0.3) is 22.3 Å². The molecule has 1 N–H and O–H groups in total. The molecule has 0 aliphatic carbocycles. The summed E-state index contributed by atoms with van der Waals surface area (Å²) in [7, 11) is 1.89. The third kappa shape index (κ3) is 3.26. The molecule has 0 saturated carbocycles. The van der Waals surface area contributed by atoms with Crippen LogP contribution in [0.5, 0.6) is 0 Å². The summed E-state index contributed by atoms with van der Waals surface area (Å²) in [5.74, 6) is 0.794. The summed E-state index contributed by atoms with van der Waals surface area (Å²) < 4.78 is 1.77. The zero-order valence-corrected chi connectivity index (χ0v) is 16.8. The predicted octanol–water partition coefficient (Wildman–Crippen LogP) is 3.60. The minimum absolute atomic E-state index is 0.169. The fourth-order valence-corrected chi connectivity index (χ4v) is 3.83. The van der Waals surface area contributed by atoms with Crippen molar-refractivity contribution in [3.05, 3.63) is 54.6 Å². The first kappa shape index (κ1) is 18.2. The van der Waals surface area contributed by atoms with Crippen LogP contribution < -0.4 is 10.2 Å². The topological polar surface area (TPSA) is 88.8 Å². The average molecular weight is 399 g/mol. The van der Waals surface area contributed by atoms with E-state index < -0.39 is 0 Å². The van der Waals surface area contributed by atoms with Crippen LogP contribution in [0.4, 0.5) is 17.2 Å². The second-order valence-corrected chi connectivity index (χ2v) is 7.42. The molecule has 5 rings (SSSR count). The molecule has 8 nitrogen and oxygen atoms in total. The van der Waals surface area contributed by atoms with Crippen molar-refractivity contribution in [3.63, 3.8) is 0 Å². The van der Waals surface area contributed by atoms with Crippen molar-refractivity contribution in [1.29, 1.82) is 0 Å². The molecule has 0 atom stereocenters. The van der Waals surface area contributed by atoms with Crippen LogP contribution >= 0.6 is 0 Å². The second kappa shape index (κ2) is 7.22. The van der Waals surface area contributed by atoms with Crippen molar-refractivity contribution in [2.45, 2.75) is 19.8 Å². The summed E-state index contributed by atoms with van der Waals surface area (Å²) in [5.41, 5.74) is 5.13. The van der Waals surface area contributed by atoms with Gasteiger partial charge in [-0.2, -0.15) is 5.10 Å². The fraction of sp³-hybridized carbons (Fsp3) is 0.227. The smallest absolute Gasteiger partial charge is 0.227 e. The average Bonchev–Trinajstić information content (AvgIpc) is 3.31. The number of aryl methyl sites for hydroxylation is 2. The molecule has 1 amide bonds. The van der Waals surface area contributed by atoms with E-state index in [0.717, 1.165) is 52.3 Å². The quantitative estimate of drug-likeness (QED) is 0.564. The summed E-state index contributed by atoms with van der Waals surface area (Å²) in [4.78, 5) is 27.4. The van der Waals surface area contributed by atoms with E-state index in [1.54, 1.807) is 23.3 Å². The van der Waals surface area contributed by atoms with Gasteiger partial charge in [-0.05, 0) is 37.6 Å². The van der Waals surface area contributed by atoms with Crippen molar-refractivity contribution in [2.75, 3.05) is 16.8 Å². The molecule has 0 unspecified atom stereocenters. The van der Waals surface area contributed by atoms with Gasteiger partial charge in [0.15, 0.2) is 5.65 Å². The molecule has 1 fully saturated rings. The van der Waals surface area contributed by atoms with Crippen molar-refractivity contribution < 1.29 is 4.79 Å². The number of fused-ring (bicyclic) bond motifs is 1. The molecule has 1 aliphatic rings. The zero-order valence-electron chi connectivity index (χ0n) is 16.8. The zero-order chi connectivity index (χ0) is 20.7. The summed E-state index contributed by atoms with van der Waals surface area (Å²) in [5, 5.41) is 8.72. The molecule has 3 aromatic heterocycles. The number of aromatic nitrogens is 5. The third-order valence-corrected chi connectivity index (χ3v) is 5.30. The van der Waals surface area contributed by atoms with Gasteiger partial charge in [-0.15, -0.1) is 0 Å². The lowest BCUT2D eigenvalue weighted by Crippen LogP contribution is -2.23. The van der Waals surface area contributed by atoms with Gasteiger partial charge in [0.25, 0.3) is 0 Å². The Bertz CT molecular complexity index is 1260. The molecule has 4 aromatic rings. The van der Waals surface area contributed by atoms with E-state index in [1.807, 2.05) is 49.2 Å². The molecule has 0 spiro atoms. The van der Waals surface area contributed by atoms with E-state index in [0.29, 0.717) is 12.2 Å². The maximum atomic E-state index is 12.0. The van der Waals surface area contributed by atoms with Crippen molar-refractivity contribution in [3.8, 4) is 11.3 Å². The Kier molecular flexibility index (Phi) is 4.39. The molecular weight excluding hydrogens is 378 g/mol. The number of rotatable bonds is 4. The molecular formula is C22H21N7O. The molecule has 150 valence electrons. The molecule has 30 heavy (non-hydrogen) atoms. The Labute approximate surface area is 173 Å². The van der Waals surface area contributed by atoms with E-state index in [2.05, 4.69) is 20.4 Å². The van der Waals surface area contributed by atoms with Crippen LogP contribution in [0.3, 0.4) is 0 Å². The maximum Gasteiger partial charge on any atom is 0.227 e. The number of hydrogen-bond acceptors (Lipinski definition) is 6. The predicted molar refractivity (Wildman–Crippen MR) is 116 cm³/mol. The van der Waals surface area contributed by atoms with Gasteiger partial charge in [0.2, 0.25) is 5.91 Å². The first-order valence-electron chi connectivity index (χ1n) is 9.88. The van der Waals surface area contributed by atoms with E-state index in [-0.39, 0.29) is 5.91 Å². The van der Waals surface area contributed by atoms with Crippen LogP contribution in [0.2, 0.25) is 0 Å². The standard InChI is InChI=1S/C22H21N7O/c1-14-18-9-15(11-24-22(18)28(2)27-14)19-12-23-13-20(26-19)25-16-5-3-6-17(10-16)29-8-4-7-21(29)30/h3,5-6,9-13H,4,7-8H2,1-2H3,(H,25,26). The van der Waals surface area contributed by atoms with E-state index >= 15 is 0 Å². The Morgan fingerprint density at radius 1 is 1.13 bits per heavy atom. The van der Waals surface area contributed by atoms with Crippen LogP contribution in [0.1, 0.15) is 18.5 Å². The highest BCUT2D eigenvalue weighted by atomic mass is 16.2. The normalized spacial score (nSPS) is 13.9. The largest absolute Gasteiger partial charge is 0.339 e. The molecule has 1 saturated heterocycles. The van der Waals surface area contributed by atoms with Gasteiger partial charge in [-0.1, -0.05) is 6.07 Å². The molecule has 0 bridgehead atoms. The lowest BCUT2D eigenvalue weighted by atomic mass is 10.1. The second-order valence-electron chi connectivity index (χ2n) is 7.42. The molecule has 8 heteroatoms. The minimum atomic E-state index is 0.169. The SMILES string of the molecule is Cc1nn(C)c2ncc(-c3cncc(Nc4cccc(N5CCCC5=O)c4)n3)cc12. The van der Waals surface area contributed by atoms with Gasteiger partial charge in [0.1, 0.15) is 5.82 Å². The number of anilines is 3. The highest BCUT2D eigenvalue weighted by Gasteiger charge is 2.21. The number of hydrogen-bond donors (Lipinski definition) is 1. The fourth-order valence-electron chi connectivity index (χ4n) is 3.83. The third-order valence-electron chi connectivity index (χ3n) is 5.30. The first-order chi connectivity index (χ1) is 14.6. The number of amides is 1. The number of benzene rings is 1. The number of nitrogens with zero attached hydrogens (tertiary/aromatic N) is 6. The number of carbonyl (C=O) groups is 1. The van der Waals surface area contributed by atoms with Crippen molar-refractivity contribution >= 4 is 34.1 Å².